The van der Waals surface area contributed by atoms with Gasteiger partial charge in [-0.25, -0.2) is 0 Å². The number of anilines is 1. The second-order valence-electron chi connectivity index (χ2n) is 12.8. The molecule has 0 atom stereocenters. The van der Waals surface area contributed by atoms with E-state index in [9.17, 15) is 0 Å². The molecule has 0 amide bonds. The van der Waals surface area contributed by atoms with Crippen LogP contribution in [0, 0.1) is 31.1 Å². The number of unbranched alkanes of at least 4 members (excludes halogenated alkanes) is 2. The number of quaternary nitrogens is 1. The van der Waals surface area contributed by atoms with Crippen molar-refractivity contribution in [3.8, 4) is 31.4 Å². The van der Waals surface area contributed by atoms with Crippen LogP contribution in [0.3, 0.4) is 0 Å². The highest BCUT2D eigenvalue weighted by Crippen LogP contribution is 2.45. The van der Waals surface area contributed by atoms with E-state index in [4.69, 9.17) is 4.74 Å². The predicted molar refractivity (Wildman–Crippen MR) is 205 cm³/mol. The minimum Gasteiger partial charge on any atom is -0.493 e. The molecule has 0 saturated carbocycles. The van der Waals surface area contributed by atoms with Gasteiger partial charge in [-0.15, -0.1) is 37.5 Å². The van der Waals surface area contributed by atoms with Gasteiger partial charge in [-0.05, 0) is 67.0 Å². The number of hydrogen-bond donors (Lipinski definition) is 0. The van der Waals surface area contributed by atoms with Crippen molar-refractivity contribution in [3.63, 3.8) is 0 Å². The summed E-state index contributed by atoms with van der Waals surface area (Å²) in [6.07, 6.45) is 28.1. The molecule has 3 saturated heterocycles. The Morgan fingerprint density at radius 2 is 1.43 bits per heavy atom. The second-order valence-corrected chi connectivity index (χ2v) is 13.8. The molecular formula is C41H66N3OS+. The molecule has 0 aromatic heterocycles. The molecule has 2 aromatic rings. The summed E-state index contributed by atoms with van der Waals surface area (Å²) in [5.41, 5.74) is 3.49. The van der Waals surface area contributed by atoms with Crippen molar-refractivity contribution in [2.45, 2.75) is 90.4 Å². The molecule has 4 aliphatic rings. The van der Waals surface area contributed by atoms with Crippen LogP contribution >= 0.6 is 11.8 Å². The summed E-state index contributed by atoms with van der Waals surface area (Å²) in [4.78, 5) is 6.35. The Labute approximate surface area is 289 Å². The first-order chi connectivity index (χ1) is 22.5. The third-order valence-electron chi connectivity index (χ3n) is 9.60. The average Bonchev–Trinajstić information content (AvgIpc) is 3.32. The summed E-state index contributed by atoms with van der Waals surface area (Å²) in [6, 6.07) is 17.2. The molecule has 0 N–H and O–H groups in total. The van der Waals surface area contributed by atoms with Crippen LogP contribution in [-0.2, 0) is 6.42 Å². The molecule has 0 radical (unpaired) electrons. The van der Waals surface area contributed by atoms with E-state index in [1.54, 1.807) is 5.56 Å². The van der Waals surface area contributed by atoms with Gasteiger partial charge in [0.15, 0.2) is 0 Å². The zero-order valence-electron chi connectivity index (χ0n) is 30.3. The average molecular weight is 649 g/mol. The van der Waals surface area contributed by atoms with Gasteiger partial charge in [0.2, 0.25) is 0 Å². The Hall–Kier alpha value is -2.57. The van der Waals surface area contributed by atoms with Crippen LogP contribution in [0.1, 0.15) is 84.6 Å². The topological polar surface area (TPSA) is 15.7 Å². The molecule has 46 heavy (non-hydrogen) atoms. The molecule has 256 valence electrons. The number of piperazine rings is 3. The van der Waals surface area contributed by atoms with Gasteiger partial charge in [-0.2, -0.15) is 0 Å². The number of fused-ring (bicyclic) bond motifs is 4. The van der Waals surface area contributed by atoms with Crippen LogP contribution in [0.25, 0.3) is 0 Å². The zero-order chi connectivity index (χ0) is 34.3. The monoisotopic (exact) mass is 648 g/mol. The lowest BCUT2D eigenvalue weighted by molar-refractivity contribution is -0.941. The number of rotatable bonds is 12. The Morgan fingerprint density at radius 3 is 1.98 bits per heavy atom. The zero-order valence-corrected chi connectivity index (χ0v) is 31.1. The van der Waals surface area contributed by atoms with Gasteiger partial charge in [-0.1, -0.05) is 71.6 Å². The second kappa shape index (κ2) is 23.7. The third-order valence-corrected chi connectivity index (χ3v) is 11.1. The van der Waals surface area contributed by atoms with Gasteiger partial charge >= 0.3 is 0 Å². The van der Waals surface area contributed by atoms with E-state index >= 15 is 0 Å². The highest BCUT2D eigenvalue weighted by atomic mass is 32.2. The number of hydrogen-bond acceptors (Lipinski definition) is 4. The molecule has 2 bridgehead atoms. The lowest BCUT2D eigenvalue weighted by atomic mass is 9.75. The van der Waals surface area contributed by atoms with Crippen LogP contribution in [0.15, 0.2) is 53.4 Å². The number of para-hydroxylation sites is 1. The van der Waals surface area contributed by atoms with E-state index in [1.165, 1.54) is 124 Å². The number of ether oxygens (including phenoxy) is 1. The highest BCUT2D eigenvalue weighted by molar-refractivity contribution is 7.99. The Kier molecular flexibility index (Phi) is 21.4. The quantitative estimate of drug-likeness (QED) is 0.129. The van der Waals surface area contributed by atoms with E-state index in [2.05, 4.69) is 93.4 Å². The summed E-state index contributed by atoms with van der Waals surface area (Å²) >= 11 is 2.12. The summed E-state index contributed by atoms with van der Waals surface area (Å²) in [5, 5.41) is 0. The van der Waals surface area contributed by atoms with Gasteiger partial charge < -0.3 is 14.1 Å². The fraction of sp³-hybridized carbons (Fsp3) is 0.610. The van der Waals surface area contributed by atoms with Crippen molar-refractivity contribution in [3.05, 3.63) is 54.1 Å². The molecule has 6 rings (SSSR count). The molecule has 5 heteroatoms. The van der Waals surface area contributed by atoms with Gasteiger partial charge in [0.1, 0.15) is 5.75 Å². The lowest BCUT2D eigenvalue weighted by Gasteiger charge is -2.50. The van der Waals surface area contributed by atoms with E-state index in [-0.39, 0.29) is 0 Å². The Morgan fingerprint density at radius 1 is 0.848 bits per heavy atom. The maximum absolute atomic E-state index is 5.78. The van der Waals surface area contributed by atoms with E-state index in [0.717, 1.165) is 12.4 Å². The fourth-order valence-electron chi connectivity index (χ4n) is 6.68. The standard InChI is InChI=1S/C20H33NS.C15H23N2O.C2H6.2C2H2/c1-5-7-12-20(13-8-6-2)14-11-17-15-18(21(3)4)9-10-19(17)22-16-20;1-2-5-15(6-3-1)18-14-4-10-17-11-7-16(8-12-17)9-13-17;3*1-2/h9-10,15H,5-8,11-14,16H2,1-4H3;1-3,5-6H,4,7-14H2;1-2H3;2*1-2H/q;+1;;;. The van der Waals surface area contributed by atoms with Crippen LogP contribution in [0.5, 0.6) is 5.75 Å². The first-order valence-corrected chi connectivity index (χ1v) is 18.8. The third kappa shape index (κ3) is 13.7. The first kappa shape index (κ1) is 41.5. The number of terminal acetylenes is 2. The molecule has 0 unspecified atom stereocenters. The van der Waals surface area contributed by atoms with Crippen LogP contribution in [-0.4, -0.2) is 81.7 Å². The molecule has 4 nitrogen and oxygen atoms in total. The van der Waals surface area contributed by atoms with Crippen LogP contribution in [0.4, 0.5) is 5.69 Å². The Bertz CT molecular complexity index is 1060. The predicted octanol–water partition coefficient (Wildman–Crippen LogP) is 9.28. The minimum absolute atomic E-state index is 0.577. The Balaban J connectivity index is 0.000000400. The SMILES string of the molecule is C#C.C#C.CC.CCCCC1(CCCC)CCc2cc(N(C)C)ccc2SC1.c1ccc(OCCC[N+]23CCN(CC2)CC3)cc1. The summed E-state index contributed by atoms with van der Waals surface area (Å²) in [7, 11) is 4.27. The van der Waals surface area contributed by atoms with Crippen LogP contribution < -0.4 is 9.64 Å². The van der Waals surface area contributed by atoms with E-state index in [0.29, 0.717) is 5.41 Å². The largest absolute Gasteiger partial charge is 0.493 e. The maximum atomic E-state index is 5.78. The number of benzene rings is 2. The molecular weight excluding hydrogens is 583 g/mol. The fourth-order valence-corrected chi connectivity index (χ4v) is 8.08. The molecule has 2 aromatic carbocycles. The molecule has 3 fully saturated rings. The summed E-state index contributed by atoms with van der Waals surface area (Å²) in [5.74, 6) is 2.32. The number of nitrogens with zero attached hydrogens (tertiary/aromatic N) is 3. The van der Waals surface area contributed by atoms with Crippen LogP contribution in [0.2, 0.25) is 0 Å². The molecule has 4 heterocycles. The van der Waals surface area contributed by atoms with Gasteiger partial charge in [0, 0.05) is 56.5 Å². The van der Waals surface area contributed by atoms with Crippen molar-refractivity contribution >= 4 is 17.4 Å². The summed E-state index contributed by atoms with van der Waals surface area (Å²) in [6.45, 7) is 18.8. The normalized spacial score (nSPS) is 20.2. The van der Waals surface area contributed by atoms with Gasteiger partial charge in [0.25, 0.3) is 0 Å². The minimum atomic E-state index is 0.577. The van der Waals surface area contributed by atoms with E-state index in [1.807, 2.05) is 44.2 Å². The van der Waals surface area contributed by atoms with E-state index < -0.39 is 0 Å². The van der Waals surface area contributed by atoms with Gasteiger partial charge in [0.05, 0.1) is 32.8 Å². The first-order valence-electron chi connectivity index (χ1n) is 17.8. The van der Waals surface area contributed by atoms with Gasteiger partial charge in [-0.3, -0.25) is 4.90 Å². The van der Waals surface area contributed by atoms with Crippen molar-refractivity contribution in [1.29, 1.82) is 0 Å². The van der Waals surface area contributed by atoms with Crippen molar-refractivity contribution < 1.29 is 9.22 Å². The molecule has 0 spiro atoms. The number of aryl methyl sites for hydroxylation is 1. The van der Waals surface area contributed by atoms with Crippen molar-refractivity contribution in [1.82, 2.24) is 4.90 Å². The molecule has 0 aliphatic carbocycles. The molecule has 4 aliphatic heterocycles. The lowest BCUT2D eigenvalue weighted by Crippen LogP contribution is -2.67. The van der Waals surface area contributed by atoms with Crippen molar-refractivity contribution in [2.75, 3.05) is 77.2 Å². The highest BCUT2D eigenvalue weighted by Gasteiger charge is 2.37. The maximum Gasteiger partial charge on any atom is 0.119 e. The summed E-state index contributed by atoms with van der Waals surface area (Å²) < 4.78 is 7.12. The number of thioether (sulfide) groups is 1. The van der Waals surface area contributed by atoms with Crippen molar-refractivity contribution in [2.24, 2.45) is 5.41 Å². The smallest absolute Gasteiger partial charge is 0.119 e.